The van der Waals surface area contributed by atoms with Crippen LogP contribution < -0.4 is 5.32 Å². The van der Waals surface area contributed by atoms with Gasteiger partial charge in [-0.15, -0.1) is 0 Å². The molecule has 0 aromatic carbocycles. The molecule has 1 N–H and O–H groups in total. The lowest BCUT2D eigenvalue weighted by Gasteiger charge is -2.16. The summed E-state index contributed by atoms with van der Waals surface area (Å²) in [5, 5.41) is 2.67. The Morgan fingerprint density at radius 1 is 0.759 bits per heavy atom. The summed E-state index contributed by atoms with van der Waals surface area (Å²) in [5.74, 6) is -0.130. The predicted molar refractivity (Wildman–Crippen MR) is 107 cm³/mol. The van der Waals surface area contributed by atoms with Crippen molar-refractivity contribution < 1.29 is 38.1 Å². The second-order valence-electron chi connectivity index (χ2n) is 7.43. The number of methoxy groups -OCH3 is 1. The number of Topliss-reactive ketones (excluding diaryl/α,β-unsaturated/α-hetero) is 2. The largest absolute Gasteiger partial charge is 0.379 e. The predicted octanol–water partition coefficient (Wildman–Crippen LogP) is 0.780. The van der Waals surface area contributed by atoms with Gasteiger partial charge in [-0.25, -0.2) is 0 Å². The summed E-state index contributed by atoms with van der Waals surface area (Å²) in [6, 6.07) is 0. The zero-order valence-electron chi connectivity index (χ0n) is 18.3. The van der Waals surface area contributed by atoms with Crippen molar-refractivity contribution in [3.05, 3.63) is 0 Å². The highest BCUT2D eigenvalue weighted by molar-refractivity contribution is 5.84. The van der Waals surface area contributed by atoms with Crippen LogP contribution in [0.2, 0.25) is 0 Å². The van der Waals surface area contributed by atoms with E-state index in [-0.39, 0.29) is 37.3 Å². The first-order chi connectivity index (χ1) is 13.8. The molecule has 0 saturated heterocycles. The quantitative estimate of drug-likeness (QED) is 0.306. The first-order valence-corrected chi connectivity index (χ1v) is 9.89. The van der Waals surface area contributed by atoms with E-state index in [4.69, 9.17) is 23.7 Å². The molecule has 1 amide bonds. The fourth-order valence-corrected chi connectivity index (χ4v) is 1.90. The van der Waals surface area contributed by atoms with Gasteiger partial charge >= 0.3 is 0 Å². The molecule has 0 radical (unpaired) electrons. The van der Waals surface area contributed by atoms with Crippen molar-refractivity contribution in [2.24, 2.45) is 5.41 Å². The molecule has 0 aliphatic rings. The van der Waals surface area contributed by atoms with Crippen molar-refractivity contribution in [2.45, 2.75) is 33.6 Å². The number of ketones is 2. The van der Waals surface area contributed by atoms with Gasteiger partial charge in [-0.1, -0.05) is 20.8 Å². The van der Waals surface area contributed by atoms with Crippen LogP contribution in [0.15, 0.2) is 0 Å². The summed E-state index contributed by atoms with van der Waals surface area (Å²) >= 11 is 0. The molecule has 0 saturated carbocycles. The van der Waals surface area contributed by atoms with Crippen LogP contribution in [-0.4, -0.2) is 90.6 Å². The van der Waals surface area contributed by atoms with Gasteiger partial charge in [0.2, 0.25) is 5.91 Å². The number of carbonyl (C=O) groups is 3. The van der Waals surface area contributed by atoms with E-state index >= 15 is 0 Å². The van der Waals surface area contributed by atoms with Crippen LogP contribution in [0.3, 0.4) is 0 Å². The Bertz CT molecular complexity index is 462. The number of hydrogen-bond acceptors (Lipinski definition) is 8. The van der Waals surface area contributed by atoms with Gasteiger partial charge in [0.15, 0.2) is 11.6 Å². The molecule has 29 heavy (non-hydrogen) atoms. The summed E-state index contributed by atoms with van der Waals surface area (Å²) in [7, 11) is 1.49. The molecule has 0 unspecified atom stereocenters. The third kappa shape index (κ3) is 18.4. The van der Waals surface area contributed by atoms with Crippen LogP contribution in [0, 0.1) is 5.41 Å². The Kier molecular flexibility index (Phi) is 16.6. The van der Waals surface area contributed by atoms with E-state index in [2.05, 4.69) is 5.32 Å². The Labute approximate surface area is 173 Å². The lowest BCUT2D eigenvalue weighted by molar-refractivity contribution is -0.131. The highest BCUT2D eigenvalue weighted by Crippen LogP contribution is 2.14. The average Bonchev–Trinajstić information content (AvgIpc) is 2.65. The molecule has 0 atom stereocenters. The Morgan fingerprint density at radius 3 is 1.97 bits per heavy atom. The second kappa shape index (κ2) is 17.5. The summed E-state index contributed by atoms with van der Waals surface area (Å²) in [6.45, 7) is 8.28. The van der Waals surface area contributed by atoms with Gasteiger partial charge in [-0.3, -0.25) is 14.4 Å². The topological polar surface area (TPSA) is 109 Å². The molecule has 9 nitrogen and oxygen atoms in total. The highest BCUT2D eigenvalue weighted by atomic mass is 16.5. The van der Waals surface area contributed by atoms with E-state index in [1.807, 2.05) is 20.8 Å². The zero-order chi connectivity index (χ0) is 22.0. The van der Waals surface area contributed by atoms with Gasteiger partial charge in [0.05, 0.1) is 33.0 Å². The Hall–Kier alpha value is -1.39. The molecule has 0 aliphatic heterocycles. The summed E-state index contributed by atoms with van der Waals surface area (Å²) in [6.07, 6.45) is 1.07. The standard InChI is InChI=1S/C20H37NO8/c1-20(2,3)18(23)15-28-12-11-27-9-7-21-19(24)16-29-13-10-26-8-5-6-17(22)14-25-4/h5-16H2,1-4H3,(H,21,24). The monoisotopic (exact) mass is 419 g/mol. The molecule has 0 rings (SSSR count). The van der Waals surface area contributed by atoms with Crippen LogP contribution in [0.25, 0.3) is 0 Å². The molecular formula is C20H37NO8. The van der Waals surface area contributed by atoms with Crippen LogP contribution in [0.1, 0.15) is 33.6 Å². The van der Waals surface area contributed by atoms with Crippen molar-refractivity contribution in [3.8, 4) is 0 Å². The second-order valence-corrected chi connectivity index (χ2v) is 7.43. The summed E-state index contributed by atoms with van der Waals surface area (Å²) in [5.41, 5.74) is -0.399. The van der Waals surface area contributed by atoms with Crippen molar-refractivity contribution in [1.29, 1.82) is 0 Å². The SMILES string of the molecule is COCC(=O)CCCOCCOCC(=O)NCCOCCOCC(=O)C(C)(C)C. The first kappa shape index (κ1) is 27.6. The summed E-state index contributed by atoms with van der Waals surface area (Å²) < 4.78 is 25.8. The average molecular weight is 420 g/mol. The number of hydrogen-bond donors (Lipinski definition) is 1. The van der Waals surface area contributed by atoms with Gasteiger partial charge in [0.25, 0.3) is 0 Å². The van der Waals surface area contributed by atoms with Gasteiger partial charge in [0.1, 0.15) is 19.8 Å². The molecule has 0 aromatic rings. The van der Waals surface area contributed by atoms with E-state index in [1.54, 1.807) is 0 Å². The minimum absolute atomic E-state index is 0.0479. The lowest BCUT2D eigenvalue weighted by Crippen LogP contribution is -2.31. The fraction of sp³-hybridized carbons (Fsp3) is 0.850. The van der Waals surface area contributed by atoms with Gasteiger partial charge in [-0.2, -0.15) is 0 Å². The zero-order valence-corrected chi connectivity index (χ0v) is 18.3. The molecular weight excluding hydrogens is 382 g/mol. The minimum atomic E-state index is -0.399. The van der Waals surface area contributed by atoms with Crippen LogP contribution in [-0.2, 0) is 38.1 Å². The Balaban J connectivity index is 3.34. The van der Waals surface area contributed by atoms with Gasteiger partial charge in [-0.05, 0) is 6.42 Å². The Morgan fingerprint density at radius 2 is 1.34 bits per heavy atom. The van der Waals surface area contributed by atoms with Gasteiger partial charge in [0, 0.05) is 32.1 Å². The van der Waals surface area contributed by atoms with Crippen LogP contribution >= 0.6 is 0 Å². The third-order valence-corrected chi connectivity index (χ3v) is 3.67. The normalized spacial score (nSPS) is 11.4. The highest BCUT2D eigenvalue weighted by Gasteiger charge is 2.20. The number of nitrogens with one attached hydrogen (secondary N) is 1. The van der Waals surface area contributed by atoms with Crippen molar-refractivity contribution in [2.75, 3.05) is 73.1 Å². The third-order valence-electron chi connectivity index (χ3n) is 3.67. The van der Waals surface area contributed by atoms with Gasteiger partial charge < -0.3 is 29.0 Å². The maximum Gasteiger partial charge on any atom is 0.246 e. The van der Waals surface area contributed by atoms with Crippen LogP contribution in [0.4, 0.5) is 0 Å². The maximum absolute atomic E-state index is 11.6. The van der Waals surface area contributed by atoms with E-state index in [1.165, 1.54) is 7.11 Å². The van der Waals surface area contributed by atoms with E-state index in [9.17, 15) is 14.4 Å². The summed E-state index contributed by atoms with van der Waals surface area (Å²) in [4.78, 5) is 34.4. The molecule has 0 aliphatic carbocycles. The molecule has 9 heteroatoms. The lowest BCUT2D eigenvalue weighted by atomic mass is 9.91. The molecule has 170 valence electrons. The minimum Gasteiger partial charge on any atom is -0.379 e. The van der Waals surface area contributed by atoms with Crippen molar-refractivity contribution >= 4 is 17.5 Å². The van der Waals surface area contributed by atoms with E-state index in [0.717, 1.165) is 0 Å². The molecule has 0 aromatic heterocycles. The number of carbonyl (C=O) groups excluding carboxylic acids is 3. The fourth-order valence-electron chi connectivity index (χ4n) is 1.90. The van der Waals surface area contributed by atoms with E-state index < -0.39 is 5.41 Å². The molecule has 0 fully saturated rings. The smallest absolute Gasteiger partial charge is 0.246 e. The molecule has 0 bridgehead atoms. The first-order valence-electron chi connectivity index (χ1n) is 9.89. The number of ether oxygens (including phenoxy) is 5. The maximum atomic E-state index is 11.6. The van der Waals surface area contributed by atoms with E-state index in [0.29, 0.717) is 59.0 Å². The van der Waals surface area contributed by atoms with Crippen molar-refractivity contribution in [1.82, 2.24) is 5.32 Å². The number of amides is 1. The van der Waals surface area contributed by atoms with Crippen molar-refractivity contribution in [3.63, 3.8) is 0 Å². The molecule has 0 heterocycles. The number of rotatable bonds is 19. The van der Waals surface area contributed by atoms with Crippen LogP contribution in [0.5, 0.6) is 0 Å². The molecule has 0 spiro atoms.